The molecule has 0 fully saturated rings. The maximum absolute atomic E-state index is 10.7. The molecule has 1 unspecified atom stereocenters. The van der Waals surface area contributed by atoms with Crippen molar-refractivity contribution in [2.75, 3.05) is 6.54 Å². The van der Waals surface area contributed by atoms with Crippen molar-refractivity contribution >= 4 is 21.9 Å². The van der Waals surface area contributed by atoms with Crippen LogP contribution in [0.25, 0.3) is 0 Å². The van der Waals surface area contributed by atoms with E-state index in [1.807, 2.05) is 16.9 Å². The highest BCUT2D eigenvalue weighted by Crippen LogP contribution is 2.36. The van der Waals surface area contributed by atoms with Crippen LogP contribution in [0.3, 0.4) is 0 Å². The molecule has 1 atom stereocenters. The number of hydrogen-bond donors (Lipinski definition) is 2. The monoisotopic (exact) mass is 335 g/mol. The molecule has 2 N–H and O–H groups in total. The van der Waals surface area contributed by atoms with Crippen LogP contribution in [-0.4, -0.2) is 31.4 Å². The number of para-hydroxylation sites is 1. The number of benzene rings is 1. The lowest BCUT2D eigenvalue weighted by Crippen LogP contribution is -2.36. The van der Waals surface area contributed by atoms with Crippen LogP contribution in [0.5, 0.6) is 5.75 Å². The maximum Gasteiger partial charge on any atom is 0.333 e. The summed E-state index contributed by atoms with van der Waals surface area (Å²) in [4.78, 5) is 0. The van der Waals surface area contributed by atoms with Crippen LogP contribution in [-0.2, 0) is 21.5 Å². The van der Waals surface area contributed by atoms with Gasteiger partial charge in [-0.2, -0.15) is 13.1 Å². The zero-order valence-electron chi connectivity index (χ0n) is 11.8. The summed E-state index contributed by atoms with van der Waals surface area (Å²) < 4.78 is 43.7. The Morgan fingerprint density at radius 3 is 2.86 bits per heavy atom. The summed E-state index contributed by atoms with van der Waals surface area (Å²) in [7, 11) is -4.19. The van der Waals surface area contributed by atoms with E-state index in [4.69, 9.17) is 25.6 Å². The molecule has 1 aliphatic rings. The summed E-state index contributed by atoms with van der Waals surface area (Å²) in [5.41, 5.74) is 0.907. The van der Waals surface area contributed by atoms with Gasteiger partial charge in [-0.3, -0.25) is 4.55 Å². The molecule has 6 nitrogen and oxygen atoms in total. The minimum atomic E-state index is -4.19. The van der Waals surface area contributed by atoms with E-state index in [-0.39, 0.29) is 12.6 Å². The Balaban J connectivity index is 2.14. The molecule has 0 saturated heterocycles. The summed E-state index contributed by atoms with van der Waals surface area (Å²) >= 11 is 6.15. The molecule has 0 radical (unpaired) electrons. The van der Waals surface area contributed by atoms with Gasteiger partial charge in [0.25, 0.3) is 0 Å². The molecule has 118 valence electrons. The quantitative estimate of drug-likeness (QED) is 0.824. The minimum absolute atomic E-state index is 0.0788. The highest BCUT2D eigenvalue weighted by molar-refractivity contribution is 7.83. The Morgan fingerprint density at radius 2 is 2.19 bits per heavy atom. The molecular formula is C13H18ClNO5S. The van der Waals surface area contributed by atoms with Gasteiger partial charge >= 0.3 is 10.3 Å². The number of halogens is 1. The zero-order chi connectivity index (χ0) is 15.7. The highest BCUT2D eigenvalue weighted by atomic mass is 35.5. The van der Waals surface area contributed by atoms with Gasteiger partial charge in [0.2, 0.25) is 5.79 Å². The molecule has 1 aromatic carbocycles. The van der Waals surface area contributed by atoms with Crippen LogP contribution in [0.1, 0.15) is 25.8 Å². The van der Waals surface area contributed by atoms with Gasteiger partial charge in [-0.25, -0.2) is 0 Å². The van der Waals surface area contributed by atoms with E-state index >= 15 is 0 Å². The summed E-state index contributed by atoms with van der Waals surface area (Å²) in [5, 5.41) is 0.515. The van der Waals surface area contributed by atoms with Gasteiger partial charge in [0.05, 0.1) is 11.1 Å². The van der Waals surface area contributed by atoms with E-state index in [1.54, 1.807) is 19.9 Å². The summed E-state index contributed by atoms with van der Waals surface area (Å²) in [6.07, 6.45) is 0.694. The normalized spacial score (nSPS) is 21.2. The number of rotatable bonds is 4. The third-order valence-electron chi connectivity index (χ3n) is 3.05. The largest absolute Gasteiger partial charge is 0.461 e. The molecular weight excluding hydrogens is 318 g/mol. The molecule has 8 heteroatoms. The first-order valence-electron chi connectivity index (χ1n) is 6.52. The zero-order valence-corrected chi connectivity index (χ0v) is 13.4. The first kappa shape index (κ1) is 16.5. The van der Waals surface area contributed by atoms with Crippen molar-refractivity contribution in [2.24, 2.45) is 0 Å². The molecule has 0 aliphatic carbocycles. The summed E-state index contributed by atoms with van der Waals surface area (Å²) in [6.45, 7) is 3.62. The van der Waals surface area contributed by atoms with Crippen molar-refractivity contribution in [1.82, 2.24) is 4.72 Å². The molecule has 0 spiro atoms. The van der Waals surface area contributed by atoms with Gasteiger partial charge in [-0.15, -0.1) is 0 Å². The molecule has 1 heterocycles. The van der Waals surface area contributed by atoms with Crippen molar-refractivity contribution in [3.8, 4) is 5.75 Å². The molecule has 0 aromatic heterocycles. The van der Waals surface area contributed by atoms with Crippen LogP contribution in [0.4, 0.5) is 0 Å². The van der Waals surface area contributed by atoms with Crippen molar-refractivity contribution in [3.05, 3.63) is 28.8 Å². The Morgan fingerprint density at radius 1 is 1.48 bits per heavy atom. The molecule has 21 heavy (non-hydrogen) atoms. The van der Waals surface area contributed by atoms with Gasteiger partial charge < -0.3 is 9.47 Å². The Hall–Kier alpha value is -0.860. The topological polar surface area (TPSA) is 84.9 Å². The third kappa shape index (κ3) is 4.82. The smallest absolute Gasteiger partial charge is 0.333 e. The average molecular weight is 336 g/mol. The Labute approximate surface area is 129 Å². The van der Waals surface area contributed by atoms with Crippen LogP contribution in [0.2, 0.25) is 5.02 Å². The van der Waals surface area contributed by atoms with Crippen LogP contribution >= 0.6 is 11.6 Å². The Bertz CT molecular complexity index is 617. The lowest BCUT2D eigenvalue weighted by atomic mass is 10.0. The van der Waals surface area contributed by atoms with Crippen molar-refractivity contribution in [3.63, 3.8) is 0 Å². The number of ether oxygens (including phenoxy) is 2. The molecule has 2 rings (SSSR count). The van der Waals surface area contributed by atoms with Gasteiger partial charge in [-0.05, 0) is 18.1 Å². The molecule has 0 amide bonds. The lowest BCUT2D eigenvalue weighted by Gasteiger charge is -2.28. The standard InChI is InChI=1S/C13H18ClNO5S/c1-13(2)19-10(6-7-15-21(16,17)18)8-9-4-3-5-11(14)12(9)20-13/h3-5,10,15H,6-8H2,1-2H3,(H,16,17,18). The van der Waals surface area contributed by atoms with E-state index in [0.29, 0.717) is 23.6 Å². The van der Waals surface area contributed by atoms with Crippen LogP contribution < -0.4 is 9.46 Å². The number of nitrogens with one attached hydrogen (secondary N) is 1. The molecule has 1 aliphatic heterocycles. The van der Waals surface area contributed by atoms with Gasteiger partial charge in [-0.1, -0.05) is 23.7 Å². The Kier molecular flexibility index (Phi) is 4.79. The van der Waals surface area contributed by atoms with E-state index < -0.39 is 16.1 Å². The van der Waals surface area contributed by atoms with Gasteiger partial charge in [0.15, 0.2) is 0 Å². The molecule has 0 bridgehead atoms. The second-order valence-corrected chi connectivity index (χ2v) is 6.98. The van der Waals surface area contributed by atoms with E-state index in [2.05, 4.69) is 0 Å². The van der Waals surface area contributed by atoms with E-state index in [0.717, 1.165) is 5.56 Å². The highest BCUT2D eigenvalue weighted by Gasteiger charge is 2.32. The molecule has 1 aromatic rings. The third-order valence-corrected chi connectivity index (χ3v) is 3.91. The SMILES string of the molecule is CC1(C)Oc2c(Cl)cccc2CC(CCNS(=O)(=O)O)O1. The molecule has 0 saturated carbocycles. The van der Waals surface area contributed by atoms with Gasteiger partial charge in [0.1, 0.15) is 5.75 Å². The maximum atomic E-state index is 10.7. The van der Waals surface area contributed by atoms with Crippen LogP contribution in [0, 0.1) is 0 Å². The van der Waals surface area contributed by atoms with Crippen molar-refractivity contribution in [2.45, 2.75) is 38.6 Å². The minimum Gasteiger partial charge on any atom is -0.461 e. The first-order valence-corrected chi connectivity index (χ1v) is 8.34. The fourth-order valence-corrected chi connectivity index (χ4v) is 2.91. The number of hydrogen-bond acceptors (Lipinski definition) is 4. The average Bonchev–Trinajstić information content (AvgIpc) is 2.43. The second kappa shape index (κ2) is 6.10. The van der Waals surface area contributed by atoms with Crippen LogP contribution in [0.15, 0.2) is 18.2 Å². The summed E-state index contributed by atoms with van der Waals surface area (Å²) in [6, 6.07) is 5.47. The second-order valence-electron chi connectivity index (χ2n) is 5.33. The fraction of sp³-hybridized carbons (Fsp3) is 0.538. The van der Waals surface area contributed by atoms with Crippen molar-refractivity contribution in [1.29, 1.82) is 0 Å². The first-order chi connectivity index (χ1) is 9.66. The lowest BCUT2D eigenvalue weighted by molar-refractivity contribution is -0.181. The van der Waals surface area contributed by atoms with E-state index in [9.17, 15) is 8.42 Å². The van der Waals surface area contributed by atoms with Crippen molar-refractivity contribution < 1.29 is 22.4 Å². The predicted octanol–water partition coefficient (Wildman–Crippen LogP) is 2.18. The van der Waals surface area contributed by atoms with Gasteiger partial charge in [0, 0.05) is 26.8 Å². The summed E-state index contributed by atoms with van der Waals surface area (Å²) in [5.74, 6) is -0.284. The van der Waals surface area contributed by atoms with E-state index in [1.165, 1.54) is 0 Å². The fourth-order valence-electron chi connectivity index (χ4n) is 2.30. The predicted molar refractivity (Wildman–Crippen MR) is 78.9 cm³/mol. The number of fused-ring (bicyclic) bond motifs is 1.